The van der Waals surface area contributed by atoms with Crippen LogP contribution in [0.15, 0.2) is 6.07 Å². The van der Waals surface area contributed by atoms with Gasteiger partial charge in [-0.25, -0.2) is 4.79 Å². The lowest BCUT2D eigenvalue weighted by Crippen LogP contribution is -2.31. The van der Waals surface area contributed by atoms with Gasteiger partial charge in [-0.05, 0) is 40.7 Å². The Balaban J connectivity index is 3.03. The molecule has 1 aromatic rings. The minimum Gasteiger partial charge on any atom is -0.478 e. The van der Waals surface area contributed by atoms with Gasteiger partial charge in [-0.3, -0.25) is 0 Å². The van der Waals surface area contributed by atoms with Gasteiger partial charge in [0.2, 0.25) is 0 Å². The summed E-state index contributed by atoms with van der Waals surface area (Å²) in [6, 6.07) is 1.71. The minimum absolute atomic E-state index is 0.293. The number of rotatable bonds is 5. The molecule has 96 valence electrons. The molecule has 4 nitrogen and oxygen atoms in total. The molecule has 1 heterocycles. The molecule has 1 aromatic heterocycles. The summed E-state index contributed by atoms with van der Waals surface area (Å²) >= 11 is 0. The van der Waals surface area contributed by atoms with Gasteiger partial charge < -0.3 is 14.4 Å². The van der Waals surface area contributed by atoms with Crippen molar-refractivity contribution in [1.29, 1.82) is 0 Å². The number of hydrogen-bond donors (Lipinski definition) is 1. The van der Waals surface area contributed by atoms with Gasteiger partial charge in [0, 0.05) is 18.0 Å². The normalized spacial score (nSPS) is 11.8. The van der Waals surface area contributed by atoms with Crippen molar-refractivity contribution in [2.24, 2.45) is 0 Å². The van der Waals surface area contributed by atoms with Crippen LogP contribution in [0.3, 0.4) is 0 Å². The van der Waals surface area contributed by atoms with Crippen LogP contribution in [-0.4, -0.2) is 27.9 Å². The van der Waals surface area contributed by atoms with Gasteiger partial charge in [0.05, 0.1) is 17.7 Å². The standard InChI is InChI=1S/C13H21NO3/c1-6-17-13(4,5)8-14-9(2)7-11(10(14)3)12(15)16/h7H,6,8H2,1-5H3,(H,15,16). The summed E-state index contributed by atoms with van der Waals surface area (Å²) in [7, 11) is 0. The first-order valence-electron chi connectivity index (χ1n) is 5.82. The molecule has 0 aromatic carbocycles. The fourth-order valence-corrected chi connectivity index (χ4v) is 2.08. The zero-order valence-electron chi connectivity index (χ0n) is 11.2. The van der Waals surface area contributed by atoms with Gasteiger partial charge in [0.25, 0.3) is 0 Å². The van der Waals surface area contributed by atoms with E-state index in [1.165, 1.54) is 0 Å². The predicted octanol–water partition coefficient (Wildman–Crippen LogP) is 2.62. The van der Waals surface area contributed by atoms with Crippen molar-refractivity contribution < 1.29 is 14.6 Å². The number of nitrogens with zero attached hydrogens (tertiary/aromatic N) is 1. The van der Waals surface area contributed by atoms with Crippen LogP contribution in [0.2, 0.25) is 0 Å². The third kappa shape index (κ3) is 3.09. The van der Waals surface area contributed by atoms with E-state index in [-0.39, 0.29) is 5.60 Å². The van der Waals surface area contributed by atoms with Gasteiger partial charge in [0.15, 0.2) is 0 Å². The van der Waals surface area contributed by atoms with E-state index in [9.17, 15) is 4.79 Å². The Morgan fingerprint density at radius 1 is 1.47 bits per heavy atom. The van der Waals surface area contributed by atoms with Crippen LogP contribution in [-0.2, 0) is 11.3 Å². The van der Waals surface area contributed by atoms with E-state index in [2.05, 4.69) is 0 Å². The number of aromatic nitrogens is 1. The molecule has 0 spiro atoms. The highest BCUT2D eigenvalue weighted by Gasteiger charge is 2.22. The Kier molecular flexibility index (Phi) is 3.98. The molecule has 0 saturated carbocycles. The van der Waals surface area contributed by atoms with E-state index in [1.54, 1.807) is 6.07 Å². The monoisotopic (exact) mass is 239 g/mol. The van der Waals surface area contributed by atoms with Crippen molar-refractivity contribution in [2.45, 2.75) is 46.8 Å². The first kappa shape index (κ1) is 13.8. The summed E-state index contributed by atoms with van der Waals surface area (Å²) in [5.74, 6) is -0.876. The van der Waals surface area contributed by atoms with E-state index < -0.39 is 5.97 Å². The third-order valence-corrected chi connectivity index (χ3v) is 2.88. The molecule has 0 amide bonds. The van der Waals surface area contributed by atoms with Crippen molar-refractivity contribution >= 4 is 5.97 Å². The van der Waals surface area contributed by atoms with Crippen LogP contribution >= 0.6 is 0 Å². The van der Waals surface area contributed by atoms with Gasteiger partial charge in [-0.2, -0.15) is 0 Å². The highest BCUT2D eigenvalue weighted by molar-refractivity contribution is 5.89. The molecule has 0 atom stereocenters. The molecular formula is C13H21NO3. The summed E-state index contributed by atoms with van der Waals surface area (Å²) in [4.78, 5) is 11.0. The summed E-state index contributed by atoms with van der Waals surface area (Å²) in [6.07, 6.45) is 0. The molecule has 0 radical (unpaired) electrons. The highest BCUT2D eigenvalue weighted by Crippen LogP contribution is 2.20. The first-order valence-corrected chi connectivity index (χ1v) is 5.82. The molecule has 17 heavy (non-hydrogen) atoms. The molecule has 0 aliphatic carbocycles. The molecule has 0 bridgehead atoms. The lowest BCUT2D eigenvalue weighted by molar-refractivity contribution is -0.0230. The second-order valence-electron chi connectivity index (χ2n) is 4.87. The maximum atomic E-state index is 11.0. The fraction of sp³-hybridized carbons (Fsp3) is 0.615. The van der Waals surface area contributed by atoms with E-state index in [0.29, 0.717) is 18.7 Å². The fourth-order valence-electron chi connectivity index (χ4n) is 2.08. The maximum absolute atomic E-state index is 11.0. The number of aromatic carboxylic acids is 1. The topological polar surface area (TPSA) is 51.5 Å². The highest BCUT2D eigenvalue weighted by atomic mass is 16.5. The second kappa shape index (κ2) is 4.92. The summed E-state index contributed by atoms with van der Waals surface area (Å²) < 4.78 is 7.64. The average molecular weight is 239 g/mol. The quantitative estimate of drug-likeness (QED) is 0.859. The Labute approximate surface area is 102 Å². The van der Waals surface area contributed by atoms with Gasteiger partial charge in [-0.1, -0.05) is 0 Å². The van der Waals surface area contributed by atoms with Crippen LogP contribution in [0.1, 0.15) is 42.5 Å². The van der Waals surface area contributed by atoms with E-state index in [4.69, 9.17) is 9.84 Å². The molecule has 4 heteroatoms. The van der Waals surface area contributed by atoms with Crippen LogP contribution in [0.25, 0.3) is 0 Å². The summed E-state index contributed by atoms with van der Waals surface area (Å²) in [6.45, 7) is 11.0. The molecule has 1 rings (SSSR count). The molecule has 0 aliphatic heterocycles. The van der Waals surface area contributed by atoms with E-state index in [0.717, 1.165) is 11.4 Å². The lowest BCUT2D eigenvalue weighted by atomic mass is 10.1. The molecule has 1 N–H and O–H groups in total. The molecule has 0 fully saturated rings. The Morgan fingerprint density at radius 2 is 2.06 bits per heavy atom. The number of carboxylic acid groups (broad SMARTS) is 1. The van der Waals surface area contributed by atoms with Crippen molar-refractivity contribution in [1.82, 2.24) is 4.57 Å². The molecule has 0 unspecified atom stereocenters. The average Bonchev–Trinajstić information content (AvgIpc) is 2.45. The number of aryl methyl sites for hydroxylation is 1. The summed E-state index contributed by atoms with van der Waals surface area (Å²) in [5, 5.41) is 9.06. The van der Waals surface area contributed by atoms with Crippen molar-refractivity contribution in [3.63, 3.8) is 0 Å². The third-order valence-electron chi connectivity index (χ3n) is 2.88. The van der Waals surface area contributed by atoms with Crippen LogP contribution in [0, 0.1) is 13.8 Å². The van der Waals surface area contributed by atoms with Crippen molar-refractivity contribution in [3.8, 4) is 0 Å². The minimum atomic E-state index is -0.876. The lowest BCUT2D eigenvalue weighted by Gasteiger charge is -2.27. The SMILES string of the molecule is CCOC(C)(C)Cn1c(C)cc(C(=O)O)c1C. The van der Waals surface area contributed by atoms with Crippen LogP contribution in [0.5, 0.6) is 0 Å². The van der Waals surface area contributed by atoms with E-state index >= 15 is 0 Å². The molecular weight excluding hydrogens is 218 g/mol. The van der Waals surface area contributed by atoms with Gasteiger partial charge in [0.1, 0.15) is 0 Å². The number of carboxylic acids is 1. The smallest absolute Gasteiger partial charge is 0.337 e. The largest absolute Gasteiger partial charge is 0.478 e. The number of hydrogen-bond acceptors (Lipinski definition) is 2. The molecule has 0 saturated heterocycles. The second-order valence-corrected chi connectivity index (χ2v) is 4.87. The predicted molar refractivity (Wildman–Crippen MR) is 66.6 cm³/mol. The number of ether oxygens (including phenoxy) is 1. The molecule has 0 aliphatic rings. The van der Waals surface area contributed by atoms with Crippen LogP contribution < -0.4 is 0 Å². The Bertz CT molecular complexity index is 419. The Hall–Kier alpha value is -1.29. The summed E-state index contributed by atoms with van der Waals surface area (Å²) in [5.41, 5.74) is 1.81. The Morgan fingerprint density at radius 3 is 2.47 bits per heavy atom. The maximum Gasteiger partial charge on any atom is 0.337 e. The van der Waals surface area contributed by atoms with E-state index in [1.807, 2.05) is 39.2 Å². The first-order chi connectivity index (χ1) is 7.78. The zero-order valence-corrected chi connectivity index (χ0v) is 11.2. The van der Waals surface area contributed by atoms with Gasteiger partial charge in [-0.15, -0.1) is 0 Å². The van der Waals surface area contributed by atoms with Crippen molar-refractivity contribution in [3.05, 3.63) is 23.0 Å². The number of carbonyl (C=O) groups is 1. The zero-order chi connectivity index (χ0) is 13.2. The van der Waals surface area contributed by atoms with Crippen molar-refractivity contribution in [2.75, 3.05) is 6.61 Å². The van der Waals surface area contributed by atoms with Gasteiger partial charge >= 0.3 is 5.97 Å². The van der Waals surface area contributed by atoms with Crippen LogP contribution in [0.4, 0.5) is 0 Å².